The summed E-state index contributed by atoms with van der Waals surface area (Å²) in [4.78, 5) is 22.6. The molecule has 20 heavy (non-hydrogen) atoms. The van der Waals surface area contributed by atoms with Crippen LogP contribution in [0.15, 0.2) is 22.7 Å². The van der Waals surface area contributed by atoms with Crippen LogP contribution in [0.3, 0.4) is 0 Å². The summed E-state index contributed by atoms with van der Waals surface area (Å²) in [6.07, 6.45) is -1.22. The molecule has 0 aliphatic heterocycles. The van der Waals surface area contributed by atoms with Gasteiger partial charge < -0.3 is 25.6 Å². The zero-order chi connectivity index (χ0) is 15.3. The van der Waals surface area contributed by atoms with Crippen LogP contribution in [-0.4, -0.2) is 41.5 Å². The fourth-order valence-corrected chi connectivity index (χ4v) is 1.83. The summed E-state index contributed by atoms with van der Waals surface area (Å²) in [6.45, 7) is 1.28. The molecule has 1 rings (SSSR count). The molecule has 2 amide bonds. The molecule has 0 spiro atoms. The lowest BCUT2D eigenvalue weighted by atomic mass is 10.2. The van der Waals surface area contributed by atoms with Gasteiger partial charge in [0.25, 0.3) is 0 Å². The van der Waals surface area contributed by atoms with E-state index in [1.165, 1.54) is 14.0 Å². The van der Waals surface area contributed by atoms with Crippen molar-refractivity contribution in [2.45, 2.75) is 19.1 Å². The van der Waals surface area contributed by atoms with Crippen molar-refractivity contribution >= 4 is 33.6 Å². The molecule has 1 aromatic rings. The highest BCUT2D eigenvalue weighted by Crippen LogP contribution is 2.27. The van der Waals surface area contributed by atoms with Gasteiger partial charge in [-0.1, -0.05) is 15.9 Å². The number of carboxylic acids is 1. The van der Waals surface area contributed by atoms with Gasteiger partial charge in [-0.25, -0.2) is 9.59 Å². The smallest absolute Gasteiger partial charge is 0.328 e. The highest BCUT2D eigenvalue weighted by atomic mass is 79.9. The van der Waals surface area contributed by atoms with Gasteiger partial charge in [0.15, 0.2) is 6.04 Å². The molecule has 4 N–H and O–H groups in total. The number of aliphatic hydroxyl groups excluding tert-OH is 1. The second-order valence-electron chi connectivity index (χ2n) is 4.00. The van der Waals surface area contributed by atoms with E-state index >= 15 is 0 Å². The highest BCUT2D eigenvalue weighted by molar-refractivity contribution is 9.10. The van der Waals surface area contributed by atoms with Gasteiger partial charge in [0.1, 0.15) is 5.75 Å². The van der Waals surface area contributed by atoms with Crippen LogP contribution >= 0.6 is 15.9 Å². The summed E-state index contributed by atoms with van der Waals surface area (Å²) < 4.78 is 5.79. The van der Waals surface area contributed by atoms with Gasteiger partial charge in [-0.3, -0.25) is 0 Å². The Bertz CT molecular complexity index is 507. The number of methoxy groups -OCH3 is 1. The zero-order valence-electron chi connectivity index (χ0n) is 10.9. The molecule has 7 nitrogen and oxygen atoms in total. The van der Waals surface area contributed by atoms with Gasteiger partial charge in [0.05, 0.1) is 18.9 Å². The van der Waals surface area contributed by atoms with Crippen molar-refractivity contribution in [1.82, 2.24) is 5.32 Å². The lowest BCUT2D eigenvalue weighted by Crippen LogP contribution is -2.49. The molecule has 0 unspecified atom stereocenters. The number of carboxylic acid groups (broad SMARTS) is 1. The van der Waals surface area contributed by atoms with Crippen LogP contribution < -0.4 is 15.4 Å². The number of nitrogens with one attached hydrogen (secondary N) is 2. The first-order valence-electron chi connectivity index (χ1n) is 5.67. The Morgan fingerprint density at radius 2 is 2.05 bits per heavy atom. The summed E-state index contributed by atoms with van der Waals surface area (Å²) in [6, 6.07) is 2.83. The van der Waals surface area contributed by atoms with Gasteiger partial charge in [-0.2, -0.15) is 0 Å². The fourth-order valence-electron chi connectivity index (χ4n) is 1.47. The third-order valence-electron chi connectivity index (χ3n) is 2.44. The fraction of sp³-hybridized carbons (Fsp3) is 0.333. The third-order valence-corrected chi connectivity index (χ3v) is 2.94. The van der Waals surface area contributed by atoms with Crippen molar-refractivity contribution in [3.05, 3.63) is 22.7 Å². The Balaban J connectivity index is 2.80. The number of hydrogen-bond acceptors (Lipinski definition) is 4. The van der Waals surface area contributed by atoms with Gasteiger partial charge in [-0.05, 0) is 25.1 Å². The van der Waals surface area contributed by atoms with Crippen LogP contribution in [0.25, 0.3) is 0 Å². The Labute approximate surface area is 124 Å². The Morgan fingerprint density at radius 1 is 1.40 bits per heavy atom. The van der Waals surface area contributed by atoms with E-state index < -0.39 is 24.1 Å². The van der Waals surface area contributed by atoms with E-state index in [0.717, 1.165) is 4.47 Å². The molecular weight excluding hydrogens is 332 g/mol. The molecule has 1 aromatic carbocycles. The first kappa shape index (κ1) is 16.3. The molecule has 0 aliphatic rings. The van der Waals surface area contributed by atoms with E-state index in [2.05, 4.69) is 26.6 Å². The zero-order valence-corrected chi connectivity index (χ0v) is 12.5. The number of anilines is 1. The molecule has 110 valence electrons. The van der Waals surface area contributed by atoms with Crippen molar-refractivity contribution in [2.24, 2.45) is 0 Å². The maximum absolute atomic E-state index is 11.7. The molecular formula is C12H15BrN2O5. The van der Waals surface area contributed by atoms with Crippen molar-refractivity contribution in [3.63, 3.8) is 0 Å². The average molecular weight is 347 g/mol. The molecule has 0 fully saturated rings. The van der Waals surface area contributed by atoms with Crippen LogP contribution in [-0.2, 0) is 4.79 Å². The average Bonchev–Trinajstić information content (AvgIpc) is 2.35. The number of aliphatic hydroxyl groups is 1. The third kappa shape index (κ3) is 4.39. The van der Waals surface area contributed by atoms with Crippen molar-refractivity contribution in [3.8, 4) is 5.75 Å². The van der Waals surface area contributed by atoms with Crippen LogP contribution in [0.4, 0.5) is 10.5 Å². The molecule has 0 bridgehead atoms. The van der Waals surface area contributed by atoms with Crippen molar-refractivity contribution in [2.75, 3.05) is 12.4 Å². The largest absolute Gasteiger partial charge is 0.495 e. The van der Waals surface area contributed by atoms with E-state index in [-0.39, 0.29) is 0 Å². The minimum absolute atomic E-state index is 0.370. The minimum atomic E-state index is -1.40. The highest BCUT2D eigenvalue weighted by Gasteiger charge is 2.25. The van der Waals surface area contributed by atoms with E-state index in [1.54, 1.807) is 18.2 Å². The van der Waals surface area contributed by atoms with E-state index in [1.807, 2.05) is 0 Å². The van der Waals surface area contributed by atoms with Gasteiger partial charge in [0.2, 0.25) is 0 Å². The van der Waals surface area contributed by atoms with E-state index in [4.69, 9.17) is 9.84 Å². The lowest BCUT2D eigenvalue weighted by molar-refractivity contribution is -0.141. The number of urea groups is 1. The van der Waals surface area contributed by atoms with Crippen molar-refractivity contribution in [1.29, 1.82) is 0 Å². The molecule has 8 heteroatoms. The van der Waals surface area contributed by atoms with E-state index in [9.17, 15) is 14.7 Å². The first-order chi connectivity index (χ1) is 9.35. The molecule has 0 saturated heterocycles. The van der Waals surface area contributed by atoms with Crippen LogP contribution in [0.1, 0.15) is 6.92 Å². The topological polar surface area (TPSA) is 108 Å². The summed E-state index contributed by atoms with van der Waals surface area (Å²) in [7, 11) is 1.45. The van der Waals surface area contributed by atoms with Crippen LogP contribution in [0, 0.1) is 0 Å². The number of carbonyl (C=O) groups excluding carboxylic acids is 1. The monoisotopic (exact) mass is 346 g/mol. The predicted molar refractivity (Wildman–Crippen MR) is 76.0 cm³/mol. The SMILES string of the molecule is COc1ccc(Br)cc1NC(=O)N[C@H](C(=O)O)[C@@H](C)O. The number of hydrogen-bond donors (Lipinski definition) is 4. The standard InChI is InChI=1S/C12H15BrN2O5/c1-6(16)10(11(17)18)15-12(19)14-8-5-7(13)3-4-9(8)20-2/h3-6,10,16H,1-2H3,(H,17,18)(H2,14,15,19)/t6-,10+/m1/s1. The number of ether oxygens (including phenoxy) is 1. The van der Waals surface area contributed by atoms with Gasteiger partial charge in [0, 0.05) is 4.47 Å². The van der Waals surface area contributed by atoms with Crippen LogP contribution in [0.5, 0.6) is 5.75 Å². The first-order valence-corrected chi connectivity index (χ1v) is 6.46. The quantitative estimate of drug-likeness (QED) is 0.644. The normalized spacial score (nSPS) is 13.2. The number of aliphatic carboxylic acids is 1. The lowest BCUT2D eigenvalue weighted by Gasteiger charge is -2.18. The second kappa shape index (κ2) is 7.11. The summed E-state index contributed by atoms with van der Waals surface area (Å²) >= 11 is 3.25. The Morgan fingerprint density at radius 3 is 2.55 bits per heavy atom. The van der Waals surface area contributed by atoms with Crippen molar-refractivity contribution < 1.29 is 24.5 Å². The van der Waals surface area contributed by atoms with Gasteiger partial charge in [-0.15, -0.1) is 0 Å². The molecule has 0 heterocycles. The maximum atomic E-state index is 11.7. The molecule has 0 aromatic heterocycles. The summed E-state index contributed by atoms with van der Waals surface area (Å²) in [5.41, 5.74) is 0.370. The number of carbonyl (C=O) groups is 2. The number of halogens is 1. The Kier molecular flexibility index (Phi) is 5.78. The second-order valence-corrected chi connectivity index (χ2v) is 4.92. The summed E-state index contributed by atoms with van der Waals surface area (Å²) in [5.74, 6) is -0.899. The summed E-state index contributed by atoms with van der Waals surface area (Å²) in [5, 5.41) is 22.8. The predicted octanol–water partition coefficient (Wildman–Crippen LogP) is 1.41. The molecule has 0 radical (unpaired) electrons. The van der Waals surface area contributed by atoms with Crippen LogP contribution in [0.2, 0.25) is 0 Å². The van der Waals surface area contributed by atoms with Gasteiger partial charge >= 0.3 is 12.0 Å². The molecule has 0 saturated carbocycles. The van der Waals surface area contributed by atoms with E-state index in [0.29, 0.717) is 11.4 Å². The maximum Gasteiger partial charge on any atom is 0.328 e. The minimum Gasteiger partial charge on any atom is -0.495 e. The Hall–Kier alpha value is -1.80. The number of amides is 2. The molecule has 2 atom stereocenters. The number of rotatable bonds is 5. The number of benzene rings is 1. The molecule has 0 aliphatic carbocycles.